The van der Waals surface area contributed by atoms with Crippen molar-refractivity contribution in [3.63, 3.8) is 0 Å². The second-order valence-electron chi connectivity index (χ2n) is 9.56. The van der Waals surface area contributed by atoms with Gasteiger partial charge in [-0.1, -0.05) is 13.0 Å². The smallest absolute Gasteiger partial charge is 0.253 e. The minimum absolute atomic E-state index is 0.0577. The van der Waals surface area contributed by atoms with Crippen LogP contribution in [-0.4, -0.2) is 36.4 Å². The number of benzene rings is 1. The van der Waals surface area contributed by atoms with Crippen molar-refractivity contribution in [2.45, 2.75) is 49.2 Å². The van der Waals surface area contributed by atoms with E-state index in [1.807, 2.05) is 18.7 Å². The summed E-state index contributed by atoms with van der Waals surface area (Å²) in [5, 5.41) is 2.48. The van der Waals surface area contributed by atoms with Gasteiger partial charge in [-0.25, -0.2) is 27.2 Å². The molecule has 0 radical (unpaired) electrons. The Labute approximate surface area is 208 Å². The fourth-order valence-electron chi connectivity index (χ4n) is 4.69. The number of halogens is 2. The Balaban J connectivity index is 1.71. The number of amides is 1. The van der Waals surface area contributed by atoms with Gasteiger partial charge in [0, 0.05) is 30.4 Å². The standard InChI is InChI=1S/C25H27F2N5O3S/c1-15-12-25(2,3)32(14-15)24-22(23(28)33)19(9-10-29-24)36(34,35)21-6-4-5-20(31-21)30-13-16-11-17(26)7-8-18(16)27/h4-11,15H,12-14H2,1-3H3,(H2,28,33)(H,30,31). The molecule has 1 aliphatic rings. The molecule has 3 heterocycles. The van der Waals surface area contributed by atoms with Crippen LogP contribution in [0.25, 0.3) is 0 Å². The maximum absolute atomic E-state index is 14.0. The maximum atomic E-state index is 14.0. The Hall–Kier alpha value is -3.60. The summed E-state index contributed by atoms with van der Waals surface area (Å²) < 4.78 is 54.7. The van der Waals surface area contributed by atoms with Crippen molar-refractivity contribution in [3.05, 3.63) is 71.4 Å². The fraction of sp³-hybridized carbons (Fsp3) is 0.320. The van der Waals surface area contributed by atoms with E-state index < -0.39 is 27.4 Å². The monoisotopic (exact) mass is 515 g/mol. The number of rotatable bonds is 7. The first-order valence-electron chi connectivity index (χ1n) is 11.4. The van der Waals surface area contributed by atoms with Gasteiger partial charge in [-0.05, 0) is 62.6 Å². The van der Waals surface area contributed by atoms with Crippen molar-refractivity contribution in [1.82, 2.24) is 9.97 Å². The highest BCUT2D eigenvalue weighted by Gasteiger charge is 2.40. The van der Waals surface area contributed by atoms with Gasteiger partial charge in [0.15, 0.2) is 5.03 Å². The second kappa shape index (κ2) is 9.45. The van der Waals surface area contributed by atoms with Crippen molar-refractivity contribution < 1.29 is 22.0 Å². The summed E-state index contributed by atoms with van der Waals surface area (Å²) in [4.78, 5) is 22.7. The van der Waals surface area contributed by atoms with Gasteiger partial charge in [-0.3, -0.25) is 4.79 Å². The van der Waals surface area contributed by atoms with Crippen LogP contribution in [0.1, 0.15) is 43.1 Å². The highest BCUT2D eigenvalue weighted by molar-refractivity contribution is 7.91. The third kappa shape index (κ3) is 4.88. The minimum atomic E-state index is -4.29. The molecule has 1 amide bonds. The molecule has 0 spiro atoms. The van der Waals surface area contributed by atoms with Crippen LogP contribution in [0.15, 0.2) is 58.6 Å². The lowest BCUT2D eigenvalue weighted by molar-refractivity contribution is 0.0997. The topological polar surface area (TPSA) is 118 Å². The molecule has 3 N–H and O–H groups in total. The summed E-state index contributed by atoms with van der Waals surface area (Å²) in [6.07, 6.45) is 2.17. The van der Waals surface area contributed by atoms with E-state index in [1.54, 1.807) is 0 Å². The lowest BCUT2D eigenvalue weighted by Crippen LogP contribution is -2.40. The average Bonchev–Trinajstić information content (AvgIpc) is 3.10. The molecule has 0 saturated carbocycles. The number of anilines is 2. The summed E-state index contributed by atoms with van der Waals surface area (Å²) in [6, 6.07) is 8.54. The van der Waals surface area contributed by atoms with Gasteiger partial charge in [0.1, 0.15) is 28.8 Å². The molecule has 1 aliphatic heterocycles. The maximum Gasteiger partial charge on any atom is 0.253 e. The van der Waals surface area contributed by atoms with Crippen LogP contribution in [0.2, 0.25) is 0 Å². The normalized spacial score (nSPS) is 17.2. The predicted molar refractivity (Wildman–Crippen MR) is 131 cm³/mol. The van der Waals surface area contributed by atoms with Gasteiger partial charge in [0.05, 0.1) is 4.90 Å². The molecule has 4 rings (SSSR count). The third-order valence-corrected chi connectivity index (χ3v) is 7.92. The van der Waals surface area contributed by atoms with Crippen molar-refractivity contribution in [2.24, 2.45) is 11.7 Å². The Bertz CT molecular complexity index is 1430. The molecule has 1 aromatic carbocycles. The first-order chi connectivity index (χ1) is 16.9. The van der Waals surface area contributed by atoms with Crippen LogP contribution in [0.4, 0.5) is 20.4 Å². The summed E-state index contributed by atoms with van der Waals surface area (Å²) in [6.45, 7) is 6.56. The number of hydrogen-bond donors (Lipinski definition) is 2. The molecule has 8 nitrogen and oxygen atoms in total. The molecule has 11 heteroatoms. The van der Waals surface area contributed by atoms with Gasteiger partial charge in [-0.2, -0.15) is 0 Å². The molecule has 1 saturated heterocycles. The average molecular weight is 516 g/mol. The first-order valence-corrected chi connectivity index (χ1v) is 12.8. The van der Waals surface area contributed by atoms with Gasteiger partial charge in [0.25, 0.3) is 5.91 Å². The van der Waals surface area contributed by atoms with Crippen LogP contribution in [0.3, 0.4) is 0 Å². The fourth-order valence-corrected chi connectivity index (χ4v) is 6.10. The second-order valence-corrected chi connectivity index (χ2v) is 11.4. The van der Waals surface area contributed by atoms with Gasteiger partial charge >= 0.3 is 0 Å². The molecule has 0 bridgehead atoms. The van der Waals surface area contributed by atoms with E-state index in [9.17, 15) is 22.0 Å². The number of primary amides is 1. The van der Waals surface area contributed by atoms with Gasteiger partial charge in [0.2, 0.25) is 9.84 Å². The van der Waals surface area contributed by atoms with E-state index in [-0.39, 0.29) is 44.8 Å². The van der Waals surface area contributed by atoms with Crippen LogP contribution in [-0.2, 0) is 16.4 Å². The summed E-state index contributed by atoms with van der Waals surface area (Å²) in [7, 11) is -4.29. The van der Waals surface area contributed by atoms with Crippen LogP contribution in [0.5, 0.6) is 0 Å². The van der Waals surface area contributed by atoms with Crippen LogP contribution in [0, 0.1) is 17.6 Å². The third-order valence-electron chi connectivity index (χ3n) is 6.22. The summed E-state index contributed by atoms with van der Waals surface area (Å²) >= 11 is 0. The zero-order valence-corrected chi connectivity index (χ0v) is 20.9. The highest BCUT2D eigenvalue weighted by Crippen LogP contribution is 2.39. The number of sulfone groups is 1. The van der Waals surface area contributed by atoms with E-state index >= 15 is 0 Å². The number of hydrogen-bond acceptors (Lipinski definition) is 7. The molecule has 3 aromatic rings. The number of carbonyl (C=O) groups is 1. The Morgan fingerprint density at radius 2 is 1.97 bits per heavy atom. The van der Waals surface area contributed by atoms with Gasteiger partial charge in [-0.15, -0.1) is 0 Å². The molecule has 190 valence electrons. The Morgan fingerprint density at radius 1 is 1.22 bits per heavy atom. The van der Waals surface area contributed by atoms with Crippen molar-refractivity contribution in [3.8, 4) is 0 Å². The van der Waals surface area contributed by atoms with E-state index in [4.69, 9.17) is 5.73 Å². The van der Waals surface area contributed by atoms with Crippen molar-refractivity contribution in [2.75, 3.05) is 16.8 Å². The molecular weight excluding hydrogens is 488 g/mol. The number of nitrogens with one attached hydrogen (secondary N) is 1. The first kappa shape index (κ1) is 25.5. The van der Waals surface area contributed by atoms with Gasteiger partial charge < -0.3 is 16.0 Å². The van der Waals surface area contributed by atoms with Crippen LogP contribution >= 0.6 is 0 Å². The lowest BCUT2D eigenvalue weighted by atomic mass is 9.97. The molecule has 1 fully saturated rings. The Morgan fingerprint density at radius 3 is 2.64 bits per heavy atom. The number of nitrogens with zero attached hydrogens (tertiary/aromatic N) is 3. The number of pyridine rings is 2. The number of nitrogens with two attached hydrogens (primary N) is 1. The largest absolute Gasteiger partial charge is 0.366 e. The zero-order valence-electron chi connectivity index (χ0n) is 20.1. The van der Waals surface area contributed by atoms with E-state index in [0.717, 1.165) is 24.6 Å². The molecule has 0 aliphatic carbocycles. The minimum Gasteiger partial charge on any atom is -0.366 e. The SMILES string of the molecule is CC1CN(c2nccc(S(=O)(=O)c3cccc(NCc4cc(F)ccc4F)n3)c2C(N)=O)C(C)(C)C1. The quantitative estimate of drug-likeness (QED) is 0.490. The predicted octanol–water partition coefficient (Wildman–Crippen LogP) is 3.92. The number of aromatic nitrogens is 2. The highest BCUT2D eigenvalue weighted by atomic mass is 32.2. The van der Waals surface area contributed by atoms with E-state index in [2.05, 4.69) is 22.2 Å². The Kier molecular flexibility index (Phi) is 6.70. The summed E-state index contributed by atoms with van der Waals surface area (Å²) in [5.41, 5.74) is 5.19. The summed E-state index contributed by atoms with van der Waals surface area (Å²) in [5.74, 6) is -1.46. The molecular formula is C25H27F2N5O3S. The molecule has 2 aromatic heterocycles. The zero-order chi connectivity index (χ0) is 26.3. The van der Waals surface area contributed by atoms with Crippen LogP contribution < -0.4 is 16.0 Å². The number of carbonyl (C=O) groups excluding carboxylic acids is 1. The van der Waals surface area contributed by atoms with Crippen molar-refractivity contribution >= 4 is 27.4 Å². The lowest BCUT2D eigenvalue weighted by Gasteiger charge is -2.33. The van der Waals surface area contributed by atoms with E-state index in [0.29, 0.717) is 12.5 Å². The molecule has 1 atom stereocenters. The van der Waals surface area contributed by atoms with E-state index in [1.165, 1.54) is 30.5 Å². The van der Waals surface area contributed by atoms with Crippen molar-refractivity contribution in [1.29, 1.82) is 0 Å². The molecule has 36 heavy (non-hydrogen) atoms. The molecule has 1 unspecified atom stereocenters.